The summed E-state index contributed by atoms with van der Waals surface area (Å²) in [6.07, 6.45) is 0. The van der Waals surface area contributed by atoms with Gasteiger partial charge in [0.25, 0.3) is 0 Å². The van der Waals surface area contributed by atoms with Gasteiger partial charge in [-0.15, -0.1) is 22.7 Å². The molecule has 0 spiro atoms. The molecule has 0 saturated heterocycles. The van der Waals surface area contributed by atoms with Crippen LogP contribution in [-0.4, -0.2) is 0 Å². The lowest BCUT2D eigenvalue weighted by Crippen LogP contribution is -2.09. The number of hydrogen-bond acceptors (Lipinski definition) is 4. The van der Waals surface area contributed by atoms with E-state index in [0.717, 1.165) is 39.0 Å². The highest BCUT2D eigenvalue weighted by atomic mass is 32.1. The van der Waals surface area contributed by atoms with Gasteiger partial charge in [-0.1, -0.05) is 66.7 Å². The van der Waals surface area contributed by atoms with Gasteiger partial charge in [0, 0.05) is 74.2 Å². The average molecular weight is 598 g/mol. The fourth-order valence-electron chi connectivity index (χ4n) is 6.75. The summed E-state index contributed by atoms with van der Waals surface area (Å²) < 4.78 is 11.6. The Hall–Kier alpha value is -5.16. The van der Waals surface area contributed by atoms with Crippen molar-refractivity contribution in [3.05, 3.63) is 140 Å². The zero-order valence-corrected chi connectivity index (χ0v) is 25.1. The predicted octanol–water partition coefficient (Wildman–Crippen LogP) is 12.9. The van der Waals surface area contributed by atoms with Crippen LogP contribution < -0.4 is 4.90 Å². The van der Waals surface area contributed by atoms with Gasteiger partial charge >= 0.3 is 0 Å². The number of para-hydroxylation sites is 1. The number of anilines is 3. The molecule has 0 saturated carbocycles. The first-order chi connectivity index (χ1) is 21.8. The maximum atomic E-state index is 6.35. The molecule has 10 aromatic rings. The molecule has 206 valence electrons. The lowest BCUT2D eigenvalue weighted by Gasteiger charge is -2.26. The van der Waals surface area contributed by atoms with E-state index >= 15 is 0 Å². The van der Waals surface area contributed by atoms with Crippen LogP contribution in [0.25, 0.3) is 73.1 Å². The first-order valence-corrected chi connectivity index (χ1v) is 16.4. The fraction of sp³-hybridized carbons (Fsp3) is 0. The Labute approximate surface area is 260 Å². The van der Waals surface area contributed by atoms with Gasteiger partial charge in [0.15, 0.2) is 0 Å². The lowest BCUT2D eigenvalue weighted by molar-refractivity contribution is 0.669. The van der Waals surface area contributed by atoms with E-state index in [4.69, 9.17) is 4.42 Å². The Morgan fingerprint density at radius 2 is 0.932 bits per heavy atom. The van der Waals surface area contributed by atoms with Crippen LogP contribution in [0, 0.1) is 0 Å². The molecule has 0 radical (unpaired) electrons. The zero-order valence-electron chi connectivity index (χ0n) is 23.5. The van der Waals surface area contributed by atoms with Crippen molar-refractivity contribution < 1.29 is 4.42 Å². The summed E-state index contributed by atoms with van der Waals surface area (Å²) in [7, 11) is 0. The van der Waals surface area contributed by atoms with Gasteiger partial charge in [-0.25, -0.2) is 0 Å². The lowest BCUT2D eigenvalue weighted by atomic mass is 10.0. The number of rotatable bonds is 3. The summed E-state index contributed by atoms with van der Waals surface area (Å²) in [6, 6.07) is 50.7. The van der Waals surface area contributed by atoms with E-state index in [1.165, 1.54) is 51.1 Å². The second kappa shape index (κ2) is 9.17. The molecule has 3 heterocycles. The molecule has 0 amide bonds. The Bertz CT molecular complexity index is 2630. The number of benzene rings is 7. The molecule has 0 aliphatic heterocycles. The summed E-state index contributed by atoms with van der Waals surface area (Å²) >= 11 is 3.72. The highest BCUT2D eigenvalue weighted by Gasteiger charge is 2.18. The standard InChI is InChI=1S/C40H23NOS2/c1-4-10-35-29(7-1)30-17-15-27(22-36(30)42-35)41(28-16-18-33-31-8-2-5-11-37(31)44-40(33)23-28)26-14-13-24-20-34-32-9-3-6-12-38(32)43-39(34)21-25(24)19-26/h1-23H. The van der Waals surface area contributed by atoms with E-state index in [0.29, 0.717) is 0 Å². The van der Waals surface area contributed by atoms with Crippen molar-refractivity contribution in [1.29, 1.82) is 0 Å². The monoisotopic (exact) mass is 597 g/mol. The fourth-order valence-corrected chi connectivity index (χ4v) is 9.02. The van der Waals surface area contributed by atoms with Crippen molar-refractivity contribution in [2.24, 2.45) is 0 Å². The third-order valence-corrected chi connectivity index (χ3v) is 11.1. The molecule has 0 N–H and O–H groups in total. The summed E-state index contributed by atoms with van der Waals surface area (Å²) in [4.78, 5) is 2.37. The van der Waals surface area contributed by atoms with Crippen LogP contribution in [0.4, 0.5) is 17.1 Å². The topological polar surface area (TPSA) is 16.4 Å². The van der Waals surface area contributed by atoms with Crippen molar-refractivity contribution in [1.82, 2.24) is 0 Å². The van der Waals surface area contributed by atoms with Crippen LogP contribution >= 0.6 is 22.7 Å². The number of hydrogen-bond donors (Lipinski definition) is 0. The minimum absolute atomic E-state index is 0.893. The summed E-state index contributed by atoms with van der Waals surface area (Å²) in [5, 5.41) is 10.0. The molecule has 7 aromatic carbocycles. The number of nitrogens with zero attached hydrogens (tertiary/aromatic N) is 1. The zero-order chi connectivity index (χ0) is 28.8. The van der Waals surface area contributed by atoms with Gasteiger partial charge in [-0.2, -0.15) is 0 Å². The van der Waals surface area contributed by atoms with Gasteiger partial charge in [-0.05, 0) is 77.5 Å². The first kappa shape index (κ1) is 24.3. The van der Waals surface area contributed by atoms with Crippen LogP contribution in [0.1, 0.15) is 0 Å². The SMILES string of the molecule is c1ccc2c(c1)oc1cc(N(c3ccc4cc5c(cc4c3)sc3ccccc35)c3ccc4c(c3)sc3ccccc34)ccc12. The van der Waals surface area contributed by atoms with Crippen LogP contribution in [0.2, 0.25) is 0 Å². The molecule has 4 heteroatoms. The van der Waals surface area contributed by atoms with Gasteiger partial charge in [0.05, 0.1) is 0 Å². The van der Waals surface area contributed by atoms with E-state index in [9.17, 15) is 0 Å². The predicted molar refractivity (Wildman–Crippen MR) is 192 cm³/mol. The third kappa shape index (κ3) is 3.59. The van der Waals surface area contributed by atoms with Crippen LogP contribution in [0.3, 0.4) is 0 Å². The minimum atomic E-state index is 0.893. The molecular weight excluding hydrogens is 575 g/mol. The first-order valence-electron chi connectivity index (χ1n) is 14.7. The maximum Gasteiger partial charge on any atom is 0.137 e. The van der Waals surface area contributed by atoms with Crippen molar-refractivity contribution in [3.8, 4) is 0 Å². The number of thiophene rings is 2. The normalized spacial score (nSPS) is 12.1. The van der Waals surface area contributed by atoms with Gasteiger partial charge in [0.2, 0.25) is 0 Å². The Kier molecular flexibility index (Phi) is 5.06. The largest absolute Gasteiger partial charge is 0.456 e. The van der Waals surface area contributed by atoms with E-state index < -0.39 is 0 Å². The number of furan rings is 1. The Morgan fingerprint density at radius 3 is 1.75 bits per heavy atom. The van der Waals surface area contributed by atoms with E-state index in [1.807, 2.05) is 34.8 Å². The smallest absolute Gasteiger partial charge is 0.137 e. The Balaban J connectivity index is 1.20. The van der Waals surface area contributed by atoms with Crippen LogP contribution in [0.15, 0.2) is 144 Å². The molecule has 0 fully saturated rings. The molecular formula is C40H23NOS2. The van der Waals surface area contributed by atoms with Crippen molar-refractivity contribution in [2.45, 2.75) is 0 Å². The maximum absolute atomic E-state index is 6.35. The highest BCUT2D eigenvalue weighted by molar-refractivity contribution is 7.26. The van der Waals surface area contributed by atoms with Gasteiger partial charge < -0.3 is 9.32 Å². The van der Waals surface area contributed by atoms with Crippen molar-refractivity contribution in [2.75, 3.05) is 4.90 Å². The summed E-state index contributed by atoms with van der Waals surface area (Å²) in [6.45, 7) is 0. The van der Waals surface area contributed by atoms with Gasteiger partial charge in [-0.3, -0.25) is 0 Å². The average Bonchev–Trinajstić information content (AvgIpc) is 3.74. The minimum Gasteiger partial charge on any atom is -0.456 e. The van der Waals surface area contributed by atoms with Crippen molar-refractivity contribution in [3.63, 3.8) is 0 Å². The molecule has 2 nitrogen and oxygen atoms in total. The highest BCUT2D eigenvalue weighted by Crippen LogP contribution is 2.43. The van der Waals surface area contributed by atoms with E-state index in [2.05, 4.69) is 132 Å². The molecule has 0 atom stereocenters. The molecule has 0 aliphatic rings. The molecule has 0 aliphatic carbocycles. The Morgan fingerprint density at radius 1 is 0.364 bits per heavy atom. The molecule has 0 unspecified atom stereocenters. The summed E-state index contributed by atoms with van der Waals surface area (Å²) in [5.74, 6) is 0. The van der Waals surface area contributed by atoms with Crippen LogP contribution in [-0.2, 0) is 0 Å². The summed E-state index contributed by atoms with van der Waals surface area (Å²) in [5.41, 5.74) is 5.12. The van der Waals surface area contributed by atoms with E-state index in [1.54, 1.807) is 0 Å². The van der Waals surface area contributed by atoms with Crippen molar-refractivity contribution >= 4 is 113 Å². The van der Waals surface area contributed by atoms with E-state index in [-0.39, 0.29) is 0 Å². The quantitative estimate of drug-likeness (QED) is 0.201. The third-order valence-electron chi connectivity index (χ3n) is 8.82. The van der Waals surface area contributed by atoms with Crippen LogP contribution in [0.5, 0.6) is 0 Å². The second-order valence-electron chi connectivity index (χ2n) is 11.4. The van der Waals surface area contributed by atoms with Gasteiger partial charge in [0.1, 0.15) is 11.2 Å². The molecule has 10 rings (SSSR count). The number of fused-ring (bicyclic) bond motifs is 10. The molecule has 44 heavy (non-hydrogen) atoms. The second-order valence-corrected chi connectivity index (χ2v) is 13.5. The molecule has 3 aromatic heterocycles. The molecule has 0 bridgehead atoms.